The second kappa shape index (κ2) is 7.85. The number of halogens is 2. The van der Waals surface area contributed by atoms with Gasteiger partial charge in [-0.2, -0.15) is 0 Å². The Morgan fingerprint density at radius 1 is 1.19 bits per heavy atom. The molecule has 0 fully saturated rings. The lowest BCUT2D eigenvalue weighted by Crippen LogP contribution is -2.43. The normalized spacial score (nSPS) is 15.0. The number of ether oxygens (including phenoxy) is 1. The van der Waals surface area contributed by atoms with Gasteiger partial charge in [0.1, 0.15) is 0 Å². The Hall–Kier alpha value is -1.00. The maximum Gasteiger partial charge on any atom is 0.163 e. The van der Waals surface area contributed by atoms with E-state index < -0.39 is 11.6 Å². The summed E-state index contributed by atoms with van der Waals surface area (Å²) in [6.07, 6.45) is 0.668. The third-order valence-electron chi connectivity index (χ3n) is 3.43. The molecule has 0 saturated carbocycles. The van der Waals surface area contributed by atoms with Gasteiger partial charge in [-0.25, -0.2) is 8.78 Å². The maximum absolute atomic E-state index is 14.2. The van der Waals surface area contributed by atoms with Crippen LogP contribution < -0.4 is 5.32 Å². The minimum absolute atomic E-state index is 0.194. The summed E-state index contributed by atoms with van der Waals surface area (Å²) in [7, 11) is 0. The summed E-state index contributed by atoms with van der Waals surface area (Å²) in [5.41, 5.74) is 0.136. The second-order valence-corrected chi connectivity index (χ2v) is 6.32. The van der Waals surface area contributed by atoms with E-state index in [9.17, 15) is 8.78 Å². The summed E-state index contributed by atoms with van der Waals surface area (Å²) in [5.74, 6) is -1.61. The van der Waals surface area contributed by atoms with Crippen LogP contribution in [0.4, 0.5) is 8.78 Å². The van der Waals surface area contributed by atoms with Crippen molar-refractivity contribution in [1.29, 1.82) is 0 Å². The quantitative estimate of drug-likeness (QED) is 0.803. The van der Waals surface area contributed by atoms with Crippen molar-refractivity contribution in [3.8, 4) is 0 Å². The predicted molar refractivity (Wildman–Crippen MR) is 82.3 cm³/mol. The molecule has 2 unspecified atom stereocenters. The third-order valence-corrected chi connectivity index (χ3v) is 3.43. The molecule has 1 aromatic carbocycles. The van der Waals surface area contributed by atoms with E-state index in [0.29, 0.717) is 12.2 Å². The number of rotatable bonds is 7. The second-order valence-electron chi connectivity index (χ2n) is 6.32. The molecule has 0 amide bonds. The minimum atomic E-state index is -0.819. The summed E-state index contributed by atoms with van der Waals surface area (Å²) in [6, 6.07) is 3.94. The fraction of sp³-hybridized carbons (Fsp3) is 0.647. The average Bonchev–Trinajstić information content (AvgIpc) is 2.41. The zero-order valence-electron chi connectivity index (χ0n) is 13.7. The molecule has 0 aromatic heterocycles. The fourth-order valence-electron chi connectivity index (χ4n) is 2.47. The van der Waals surface area contributed by atoms with Crippen molar-refractivity contribution >= 4 is 0 Å². The van der Waals surface area contributed by atoms with Crippen LogP contribution in [0.25, 0.3) is 0 Å². The van der Waals surface area contributed by atoms with Gasteiger partial charge >= 0.3 is 0 Å². The molecule has 1 aromatic rings. The van der Waals surface area contributed by atoms with Crippen molar-refractivity contribution in [3.05, 3.63) is 35.4 Å². The largest absolute Gasteiger partial charge is 0.376 e. The van der Waals surface area contributed by atoms with Crippen LogP contribution in [-0.2, 0) is 4.74 Å². The first-order valence-electron chi connectivity index (χ1n) is 7.61. The Morgan fingerprint density at radius 3 is 2.38 bits per heavy atom. The molecule has 0 bridgehead atoms. The zero-order chi connectivity index (χ0) is 16.0. The molecule has 1 rings (SSSR count). The lowest BCUT2D eigenvalue weighted by Gasteiger charge is -2.37. The van der Waals surface area contributed by atoms with Crippen molar-refractivity contribution in [2.75, 3.05) is 13.2 Å². The van der Waals surface area contributed by atoms with Gasteiger partial charge in [-0.1, -0.05) is 39.8 Å². The number of hydrogen-bond acceptors (Lipinski definition) is 2. The zero-order valence-corrected chi connectivity index (χ0v) is 13.7. The highest BCUT2D eigenvalue weighted by atomic mass is 19.2. The molecule has 0 saturated heterocycles. The lowest BCUT2D eigenvalue weighted by atomic mass is 9.81. The predicted octanol–water partition coefficient (Wildman–Crippen LogP) is 4.46. The van der Waals surface area contributed by atoms with Crippen LogP contribution in [-0.4, -0.2) is 19.3 Å². The van der Waals surface area contributed by atoms with E-state index in [1.165, 1.54) is 0 Å². The standard InChI is InChI=1S/C17H27F2NO/c1-6-11-20-15(16(21-7-2)17(3,4)5)12-9-8-10-13(18)14(12)19/h8-10,15-16,20H,6-7,11H2,1-5H3. The molecule has 21 heavy (non-hydrogen) atoms. The van der Waals surface area contributed by atoms with Gasteiger partial charge in [0.25, 0.3) is 0 Å². The molecule has 2 nitrogen and oxygen atoms in total. The van der Waals surface area contributed by atoms with Gasteiger partial charge in [0.2, 0.25) is 0 Å². The Balaban J connectivity index is 3.22. The first kappa shape index (κ1) is 18.1. The highest BCUT2D eigenvalue weighted by molar-refractivity contribution is 5.24. The summed E-state index contributed by atoms with van der Waals surface area (Å²) in [4.78, 5) is 0. The van der Waals surface area contributed by atoms with Gasteiger partial charge in [-0.05, 0) is 31.4 Å². The number of benzene rings is 1. The first-order valence-corrected chi connectivity index (χ1v) is 7.61. The topological polar surface area (TPSA) is 21.3 Å². The lowest BCUT2D eigenvalue weighted by molar-refractivity contribution is -0.0373. The van der Waals surface area contributed by atoms with Crippen LogP contribution in [0.2, 0.25) is 0 Å². The van der Waals surface area contributed by atoms with E-state index in [-0.39, 0.29) is 17.6 Å². The van der Waals surface area contributed by atoms with Crippen molar-refractivity contribution in [2.24, 2.45) is 5.41 Å². The molecule has 0 radical (unpaired) electrons. The van der Waals surface area contributed by atoms with Crippen LogP contribution in [0.1, 0.15) is 52.6 Å². The van der Waals surface area contributed by atoms with Crippen molar-refractivity contribution in [2.45, 2.75) is 53.2 Å². The molecular formula is C17H27F2NO. The number of hydrogen-bond donors (Lipinski definition) is 1. The van der Waals surface area contributed by atoms with Crippen LogP contribution in [0.15, 0.2) is 18.2 Å². The third kappa shape index (κ3) is 4.75. The van der Waals surface area contributed by atoms with Gasteiger partial charge in [-0.15, -0.1) is 0 Å². The molecule has 0 spiro atoms. The van der Waals surface area contributed by atoms with Gasteiger partial charge < -0.3 is 10.1 Å². The minimum Gasteiger partial charge on any atom is -0.376 e. The van der Waals surface area contributed by atoms with E-state index in [1.807, 2.05) is 34.6 Å². The van der Waals surface area contributed by atoms with Crippen molar-refractivity contribution in [3.63, 3.8) is 0 Å². The smallest absolute Gasteiger partial charge is 0.163 e. The molecule has 4 heteroatoms. The Morgan fingerprint density at radius 2 is 1.86 bits per heavy atom. The molecule has 0 aliphatic rings. The van der Waals surface area contributed by atoms with Gasteiger partial charge in [0, 0.05) is 12.2 Å². The summed E-state index contributed by atoms with van der Waals surface area (Å²) in [5, 5.41) is 3.31. The summed E-state index contributed by atoms with van der Waals surface area (Å²) in [6.45, 7) is 11.3. The first-order chi connectivity index (χ1) is 9.82. The van der Waals surface area contributed by atoms with Crippen molar-refractivity contribution < 1.29 is 13.5 Å². The SMILES string of the molecule is CCCNC(c1cccc(F)c1F)C(OCC)C(C)(C)C. The fourth-order valence-corrected chi connectivity index (χ4v) is 2.47. The van der Waals surface area contributed by atoms with Crippen LogP contribution >= 0.6 is 0 Å². The monoisotopic (exact) mass is 299 g/mol. The van der Waals surface area contributed by atoms with Gasteiger partial charge in [0.05, 0.1) is 12.1 Å². The molecule has 2 atom stereocenters. The van der Waals surface area contributed by atoms with Crippen LogP contribution in [0.5, 0.6) is 0 Å². The highest BCUT2D eigenvalue weighted by Gasteiger charge is 2.35. The van der Waals surface area contributed by atoms with Crippen molar-refractivity contribution in [1.82, 2.24) is 5.32 Å². The molecular weight excluding hydrogens is 272 g/mol. The molecule has 0 aliphatic heterocycles. The molecule has 0 heterocycles. The van der Waals surface area contributed by atoms with Crippen LogP contribution in [0.3, 0.4) is 0 Å². The summed E-state index contributed by atoms with van der Waals surface area (Å²) >= 11 is 0. The van der Waals surface area contributed by atoms with E-state index >= 15 is 0 Å². The molecule has 0 aliphatic carbocycles. The highest BCUT2D eigenvalue weighted by Crippen LogP contribution is 2.34. The maximum atomic E-state index is 14.2. The average molecular weight is 299 g/mol. The van der Waals surface area contributed by atoms with E-state index in [2.05, 4.69) is 5.32 Å². The molecule has 1 N–H and O–H groups in total. The van der Waals surface area contributed by atoms with E-state index in [0.717, 1.165) is 19.0 Å². The Kier molecular flexibility index (Phi) is 6.75. The number of nitrogens with one attached hydrogen (secondary N) is 1. The Bertz CT molecular complexity index is 443. The Labute approximate surface area is 126 Å². The van der Waals surface area contributed by atoms with E-state index in [4.69, 9.17) is 4.74 Å². The van der Waals surface area contributed by atoms with E-state index in [1.54, 1.807) is 12.1 Å². The summed E-state index contributed by atoms with van der Waals surface area (Å²) < 4.78 is 33.6. The van der Waals surface area contributed by atoms with Gasteiger partial charge in [-0.3, -0.25) is 0 Å². The molecule has 120 valence electrons. The van der Waals surface area contributed by atoms with Gasteiger partial charge in [0.15, 0.2) is 11.6 Å². The van der Waals surface area contributed by atoms with Crippen LogP contribution in [0, 0.1) is 17.0 Å².